The van der Waals surface area contributed by atoms with Gasteiger partial charge in [0.15, 0.2) is 0 Å². The normalized spacial score (nSPS) is 11.1. The minimum atomic E-state index is -0.324. The van der Waals surface area contributed by atoms with Crippen molar-refractivity contribution >= 4 is 12.1 Å². The van der Waals surface area contributed by atoms with Gasteiger partial charge in [0.1, 0.15) is 5.75 Å². The summed E-state index contributed by atoms with van der Waals surface area (Å²) in [6.45, 7) is 6.22. The van der Waals surface area contributed by atoms with Gasteiger partial charge in [0.2, 0.25) is 0 Å². The third-order valence-corrected chi connectivity index (χ3v) is 4.57. The van der Waals surface area contributed by atoms with Gasteiger partial charge in [-0.1, -0.05) is 19.1 Å². The first-order chi connectivity index (χ1) is 13.0. The van der Waals surface area contributed by atoms with Crippen LogP contribution in [0.15, 0.2) is 59.7 Å². The molecular weight excluding hydrogens is 338 g/mol. The summed E-state index contributed by atoms with van der Waals surface area (Å²) in [6.07, 6.45) is 2.67. The Kier molecular flexibility index (Phi) is 5.41. The molecule has 3 aromatic rings. The maximum Gasteiger partial charge on any atom is 0.271 e. The number of hydrogen-bond donors (Lipinski definition) is 2. The summed E-state index contributed by atoms with van der Waals surface area (Å²) in [5.74, 6) is -0.204. The lowest BCUT2D eigenvalue weighted by Gasteiger charge is -2.10. The fourth-order valence-electron chi connectivity index (χ4n) is 3.03. The molecule has 3 rings (SSSR count). The number of amides is 1. The molecule has 0 atom stereocenters. The van der Waals surface area contributed by atoms with Crippen LogP contribution >= 0.6 is 0 Å². The van der Waals surface area contributed by atoms with Crippen molar-refractivity contribution in [1.29, 1.82) is 0 Å². The molecule has 0 aliphatic rings. The first kappa shape index (κ1) is 18.5. The van der Waals surface area contributed by atoms with Crippen LogP contribution in [0.1, 0.15) is 39.8 Å². The SMILES string of the molecule is CCc1ccc(-n2c(C)cc(/C=N/NC(=O)c3ccc(O)cc3)c2C)cc1. The van der Waals surface area contributed by atoms with Crippen LogP contribution in [-0.2, 0) is 6.42 Å². The minimum absolute atomic E-state index is 0.120. The molecule has 138 valence electrons. The van der Waals surface area contributed by atoms with Crippen LogP contribution in [-0.4, -0.2) is 21.8 Å². The number of rotatable bonds is 5. The summed E-state index contributed by atoms with van der Waals surface area (Å²) in [7, 11) is 0. The molecule has 27 heavy (non-hydrogen) atoms. The van der Waals surface area contributed by atoms with E-state index in [0.29, 0.717) is 5.56 Å². The molecule has 0 saturated heterocycles. The van der Waals surface area contributed by atoms with Crippen molar-refractivity contribution < 1.29 is 9.90 Å². The molecule has 1 aromatic heterocycles. The van der Waals surface area contributed by atoms with Crippen LogP contribution < -0.4 is 5.43 Å². The van der Waals surface area contributed by atoms with E-state index in [-0.39, 0.29) is 11.7 Å². The van der Waals surface area contributed by atoms with Crippen LogP contribution in [0.5, 0.6) is 5.75 Å². The van der Waals surface area contributed by atoms with Crippen LogP contribution in [0, 0.1) is 13.8 Å². The van der Waals surface area contributed by atoms with Gasteiger partial charge in [-0.3, -0.25) is 4.79 Å². The molecule has 0 aliphatic heterocycles. The lowest BCUT2D eigenvalue weighted by Crippen LogP contribution is -2.17. The highest BCUT2D eigenvalue weighted by molar-refractivity contribution is 5.95. The Labute approximate surface area is 159 Å². The summed E-state index contributed by atoms with van der Waals surface area (Å²) in [6, 6.07) is 16.6. The van der Waals surface area contributed by atoms with E-state index in [1.165, 1.54) is 17.7 Å². The van der Waals surface area contributed by atoms with Crippen molar-refractivity contribution in [3.63, 3.8) is 0 Å². The van der Waals surface area contributed by atoms with Crippen molar-refractivity contribution in [3.8, 4) is 11.4 Å². The second-order valence-corrected chi connectivity index (χ2v) is 6.43. The predicted molar refractivity (Wildman–Crippen MR) is 108 cm³/mol. The Balaban J connectivity index is 1.76. The second kappa shape index (κ2) is 7.91. The zero-order valence-electron chi connectivity index (χ0n) is 15.7. The Bertz CT molecular complexity index is 968. The Morgan fingerprint density at radius 1 is 1.11 bits per heavy atom. The van der Waals surface area contributed by atoms with Crippen molar-refractivity contribution in [2.24, 2.45) is 5.10 Å². The number of benzene rings is 2. The van der Waals surface area contributed by atoms with Gasteiger partial charge >= 0.3 is 0 Å². The molecule has 0 spiro atoms. The number of hydrazone groups is 1. The summed E-state index contributed by atoms with van der Waals surface area (Å²) in [5.41, 5.74) is 8.46. The second-order valence-electron chi connectivity index (χ2n) is 6.43. The smallest absolute Gasteiger partial charge is 0.271 e. The van der Waals surface area contributed by atoms with Crippen molar-refractivity contribution in [2.75, 3.05) is 0 Å². The van der Waals surface area contributed by atoms with Gasteiger partial charge < -0.3 is 9.67 Å². The van der Waals surface area contributed by atoms with E-state index in [0.717, 1.165) is 29.1 Å². The monoisotopic (exact) mass is 361 g/mol. The molecule has 1 amide bonds. The molecule has 5 nitrogen and oxygen atoms in total. The standard InChI is InChI=1S/C22H23N3O2/c1-4-17-5-9-20(10-6-17)25-15(2)13-19(16(25)3)14-23-24-22(27)18-7-11-21(26)12-8-18/h5-14,26H,4H2,1-3H3,(H,24,27)/b23-14+. The predicted octanol–water partition coefficient (Wildman–Crippen LogP) is 4.13. The van der Waals surface area contributed by atoms with E-state index in [4.69, 9.17) is 0 Å². The highest BCUT2D eigenvalue weighted by Crippen LogP contribution is 2.20. The molecule has 1 heterocycles. The first-order valence-electron chi connectivity index (χ1n) is 8.90. The van der Waals surface area contributed by atoms with E-state index < -0.39 is 0 Å². The van der Waals surface area contributed by atoms with Crippen LogP contribution in [0.2, 0.25) is 0 Å². The molecule has 2 N–H and O–H groups in total. The zero-order chi connectivity index (χ0) is 19.4. The lowest BCUT2D eigenvalue weighted by molar-refractivity contribution is 0.0955. The van der Waals surface area contributed by atoms with E-state index in [2.05, 4.69) is 46.3 Å². The summed E-state index contributed by atoms with van der Waals surface area (Å²) in [4.78, 5) is 12.1. The molecule has 0 bridgehead atoms. The highest BCUT2D eigenvalue weighted by Gasteiger charge is 2.10. The fourth-order valence-corrected chi connectivity index (χ4v) is 3.03. The largest absolute Gasteiger partial charge is 0.508 e. The molecule has 0 unspecified atom stereocenters. The summed E-state index contributed by atoms with van der Waals surface area (Å²) in [5, 5.41) is 13.4. The molecular formula is C22H23N3O2. The third kappa shape index (κ3) is 4.08. The molecule has 0 aliphatic carbocycles. The molecule has 0 saturated carbocycles. The van der Waals surface area contributed by atoms with E-state index in [1.54, 1.807) is 18.3 Å². The summed E-state index contributed by atoms with van der Waals surface area (Å²) < 4.78 is 2.17. The van der Waals surface area contributed by atoms with E-state index in [9.17, 15) is 9.90 Å². The quantitative estimate of drug-likeness (QED) is 0.530. The number of carbonyl (C=O) groups is 1. The topological polar surface area (TPSA) is 66.6 Å². The average Bonchev–Trinajstić information content (AvgIpc) is 2.96. The number of hydrogen-bond acceptors (Lipinski definition) is 3. The third-order valence-electron chi connectivity index (χ3n) is 4.57. The van der Waals surface area contributed by atoms with Gasteiger partial charge in [0, 0.05) is 28.2 Å². The minimum Gasteiger partial charge on any atom is -0.508 e. The molecule has 2 aromatic carbocycles. The summed E-state index contributed by atoms with van der Waals surface area (Å²) >= 11 is 0. The fraction of sp³-hybridized carbons (Fsp3) is 0.182. The van der Waals surface area contributed by atoms with Gasteiger partial charge in [0.25, 0.3) is 5.91 Å². The molecule has 5 heteroatoms. The lowest BCUT2D eigenvalue weighted by atomic mass is 10.1. The van der Waals surface area contributed by atoms with Gasteiger partial charge in [-0.2, -0.15) is 5.10 Å². The number of phenolic OH excluding ortho intramolecular Hbond substituents is 1. The van der Waals surface area contributed by atoms with Crippen molar-refractivity contribution in [3.05, 3.63) is 82.7 Å². The van der Waals surface area contributed by atoms with Crippen LogP contribution in [0.25, 0.3) is 5.69 Å². The van der Waals surface area contributed by atoms with Crippen LogP contribution in [0.3, 0.4) is 0 Å². The van der Waals surface area contributed by atoms with Crippen molar-refractivity contribution in [2.45, 2.75) is 27.2 Å². The number of nitrogens with one attached hydrogen (secondary N) is 1. The van der Waals surface area contributed by atoms with E-state index in [1.807, 2.05) is 19.9 Å². The van der Waals surface area contributed by atoms with E-state index >= 15 is 0 Å². The first-order valence-corrected chi connectivity index (χ1v) is 8.90. The Morgan fingerprint density at radius 2 is 1.78 bits per heavy atom. The number of phenols is 1. The number of carbonyl (C=O) groups excluding carboxylic acids is 1. The maximum atomic E-state index is 12.1. The Morgan fingerprint density at radius 3 is 2.41 bits per heavy atom. The Hall–Kier alpha value is -3.34. The number of aryl methyl sites for hydroxylation is 2. The number of aromatic hydroxyl groups is 1. The molecule has 0 fully saturated rings. The number of aromatic nitrogens is 1. The van der Waals surface area contributed by atoms with Crippen LogP contribution in [0.4, 0.5) is 0 Å². The van der Waals surface area contributed by atoms with Gasteiger partial charge in [-0.25, -0.2) is 5.43 Å². The number of nitrogens with zero attached hydrogens (tertiary/aromatic N) is 2. The maximum absolute atomic E-state index is 12.1. The zero-order valence-corrected chi connectivity index (χ0v) is 15.7. The molecule has 0 radical (unpaired) electrons. The average molecular weight is 361 g/mol. The highest BCUT2D eigenvalue weighted by atomic mass is 16.3. The van der Waals surface area contributed by atoms with Gasteiger partial charge in [-0.15, -0.1) is 0 Å². The van der Waals surface area contributed by atoms with Crippen molar-refractivity contribution in [1.82, 2.24) is 9.99 Å². The van der Waals surface area contributed by atoms with Gasteiger partial charge in [-0.05, 0) is 68.3 Å². The van der Waals surface area contributed by atoms with Gasteiger partial charge in [0.05, 0.1) is 6.21 Å².